The molecule has 2 aromatic carbocycles. The third-order valence-corrected chi connectivity index (χ3v) is 4.40. The number of hydrazine groups is 2. The molecule has 0 saturated carbocycles. The van der Waals surface area contributed by atoms with Gasteiger partial charge in [0.1, 0.15) is 5.75 Å². The summed E-state index contributed by atoms with van der Waals surface area (Å²) in [6.45, 7) is 0.659. The van der Waals surface area contributed by atoms with Crippen molar-refractivity contribution in [1.82, 2.24) is 15.5 Å². The number of ether oxygens (including phenoxy) is 1. The van der Waals surface area contributed by atoms with Crippen LogP contribution in [0.5, 0.6) is 11.6 Å². The maximum absolute atomic E-state index is 5.86. The van der Waals surface area contributed by atoms with Crippen molar-refractivity contribution >= 4 is 22.4 Å². The fraction of sp³-hybridized carbons (Fsp3) is 0.0476. The van der Waals surface area contributed by atoms with Gasteiger partial charge in [-0.3, -0.25) is 9.99 Å². The topological polar surface area (TPSA) is 62.3 Å². The van der Waals surface area contributed by atoms with Crippen molar-refractivity contribution in [2.45, 2.75) is 6.54 Å². The van der Waals surface area contributed by atoms with Gasteiger partial charge in [0.15, 0.2) is 5.82 Å². The maximum atomic E-state index is 5.86. The highest BCUT2D eigenvalue weighted by molar-refractivity contribution is 5.79. The fourth-order valence-electron chi connectivity index (χ4n) is 3.10. The predicted molar refractivity (Wildman–Crippen MR) is 105 cm³/mol. The second kappa shape index (κ2) is 6.59. The molecule has 0 radical (unpaired) electrons. The lowest BCUT2D eigenvalue weighted by atomic mass is 10.1. The van der Waals surface area contributed by atoms with E-state index in [0.717, 1.165) is 33.7 Å². The Hall–Kier alpha value is -3.64. The molecular weight excluding hydrogens is 338 g/mol. The van der Waals surface area contributed by atoms with Crippen LogP contribution in [0.3, 0.4) is 0 Å². The zero-order chi connectivity index (χ0) is 18.1. The van der Waals surface area contributed by atoms with E-state index in [4.69, 9.17) is 4.74 Å². The summed E-state index contributed by atoms with van der Waals surface area (Å²) >= 11 is 0. The lowest BCUT2D eigenvalue weighted by Gasteiger charge is -2.17. The highest BCUT2D eigenvalue weighted by atomic mass is 16.5. The highest BCUT2D eigenvalue weighted by Crippen LogP contribution is 2.32. The van der Waals surface area contributed by atoms with Gasteiger partial charge in [-0.1, -0.05) is 30.3 Å². The summed E-state index contributed by atoms with van der Waals surface area (Å²) in [5, 5.41) is 3.08. The minimum absolute atomic E-state index is 0.554. The molecule has 1 aliphatic rings. The number of hydrogen-bond acceptors (Lipinski definition) is 6. The minimum atomic E-state index is 0.554. The Kier molecular flexibility index (Phi) is 3.81. The van der Waals surface area contributed by atoms with Crippen LogP contribution in [-0.2, 0) is 6.54 Å². The maximum Gasteiger partial charge on any atom is 0.221 e. The Balaban J connectivity index is 1.40. The first-order chi connectivity index (χ1) is 13.3. The van der Waals surface area contributed by atoms with Crippen LogP contribution in [-0.4, -0.2) is 9.97 Å². The summed E-state index contributed by atoms with van der Waals surface area (Å²) in [5.41, 5.74) is 9.37. The van der Waals surface area contributed by atoms with Crippen LogP contribution in [0.2, 0.25) is 0 Å². The third kappa shape index (κ3) is 3.14. The van der Waals surface area contributed by atoms with Gasteiger partial charge in [0.05, 0.1) is 17.7 Å². The molecule has 0 unspecified atom stereocenters. The van der Waals surface area contributed by atoms with Gasteiger partial charge in [0.25, 0.3) is 0 Å². The van der Waals surface area contributed by atoms with Gasteiger partial charge in [-0.2, -0.15) is 4.98 Å². The molecule has 0 amide bonds. The monoisotopic (exact) mass is 355 g/mol. The lowest BCUT2D eigenvalue weighted by molar-refractivity contribution is 0.463. The fourth-order valence-corrected chi connectivity index (χ4v) is 3.10. The van der Waals surface area contributed by atoms with E-state index in [-0.39, 0.29) is 0 Å². The number of nitrogens with zero attached hydrogens (tertiary/aromatic N) is 3. The van der Waals surface area contributed by atoms with E-state index < -0.39 is 0 Å². The summed E-state index contributed by atoms with van der Waals surface area (Å²) in [4.78, 5) is 9.03. The number of hydrogen-bond donors (Lipinski definition) is 2. The van der Waals surface area contributed by atoms with Crippen LogP contribution < -0.4 is 20.7 Å². The highest BCUT2D eigenvalue weighted by Gasteiger charge is 2.21. The summed E-state index contributed by atoms with van der Waals surface area (Å²) in [6.07, 6.45) is 1.81. The molecule has 6 nitrogen and oxygen atoms in total. The van der Waals surface area contributed by atoms with Crippen molar-refractivity contribution in [2.75, 3.05) is 10.4 Å². The van der Waals surface area contributed by atoms with Crippen molar-refractivity contribution in [2.24, 2.45) is 0 Å². The Labute approximate surface area is 156 Å². The van der Waals surface area contributed by atoms with Crippen molar-refractivity contribution in [3.8, 4) is 11.6 Å². The molecule has 0 aliphatic carbocycles. The predicted octanol–water partition coefficient (Wildman–Crippen LogP) is 4.27. The molecule has 4 aromatic rings. The largest absolute Gasteiger partial charge is 0.439 e. The summed E-state index contributed by atoms with van der Waals surface area (Å²) in [5.74, 6) is 2.12. The first-order valence-corrected chi connectivity index (χ1v) is 8.72. The molecule has 2 N–H and O–H groups in total. The molecule has 5 rings (SSSR count). The van der Waals surface area contributed by atoms with E-state index >= 15 is 0 Å². The molecule has 3 heterocycles. The van der Waals surface area contributed by atoms with Crippen molar-refractivity contribution in [3.63, 3.8) is 0 Å². The molecule has 0 fully saturated rings. The Morgan fingerprint density at radius 2 is 1.85 bits per heavy atom. The molecule has 27 heavy (non-hydrogen) atoms. The lowest BCUT2D eigenvalue weighted by Crippen LogP contribution is -2.35. The van der Waals surface area contributed by atoms with E-state index in [2.05, 4.69) is 39.1 Å². The van der Waals surface area contributed by atoms with Crippen molar-refractivity contribution in [1.29, 1.82) is 0 Å². The van der Waals surface area contributed by atoms with Gasteiger partial charge in [0, 0.05) is 17.6 Å². The van der Waals surface area contributed by atoms with Crippen LogP contribution in [0, 0.1) is 0 Å². The average molecular weight is 355 g/mol. The van der Waals surface area contributed by atoms with Gasteiger partial charge in [-0.15, -0.1) is 5.53 Å². The second-order valence-corrected chi connectivity index (χ2v) is 6.29. The quantitative estimate of drug-likeness (QED) is 0.570. The number of anilines is 2. The smallest absolute Gasteiger partial charge is 0.221 e. The van der Waals surface area contributed by atoms with E-state index in [1.54, 1.807) is 0 Å². The molecule has 1 aliphatic heterocycles. The molecule has 132 valence electrons. The summed E-state index contributed by atoms with van der Waals surface area (Å²) in [7, 11) is 0. The van der Waals surface area contributed by atoms with E-state index in [1.165, 1.54) is 0 Å². The van der Waals surface area contributed by atoms with Crippen molar-refractivity contribution < 1.29 is 4.74 Å². The summed E-state index contributed by atoms with van der Waals surface area (Å²) in [6, 6.07) is 23.7. The van der Waals surface area contributed by atoms with E-state index in [0.29, 0.717) is 12.4 Å². The standard InChI is InChI=1S/C21H17N5O/c1-2-6-17(7-3-1)27-20-11-10-19-21(23-20)26(25-24-19)14-15-8-9-18-16(13-15)5-4-12-22-18/h1-13,24-25H,14H2. The number of aromatic nitrogens is 2. The second-order valence-electron chi connectivity index (χ2n) is 6.29. The SMILES string of the molecule is c1ccc(Oc2ccc3c(n2)N(Cc2ccc4ncccc4c2)NN3)cc1. The molecule has 0 saturated heterocycles. The van der Waals surface area contributed by atoms with Crippen LogP contribution in [0.25, 0.3) is 10.9 Å². The molecule has 0 spiro atoms. The van der Waals surface area contributed by atoms with Crippen molar-refractivity contribution in [3.05, 3.63) is 84.6 Å². The molecule has 0 atom stereocenters. The number of para-hydroxylation sites is 1. The number of pyridine rings is 2. The van der Waals surface area contributed by atoms with Crippen LogP contribution in [0.15, 0.2) is 79.0 Å². The number of rotatable bonds is 4. The van der Waals surface area contributed by atoms with Gasteiger partial charge in [0.2, 0.25) is 5.88 Å². The number of benzene rings is 2. The van der Waals surface area contributed by atoms with Gasteiger partial charge in [-0.05, 0) is 42.0 Å². The zero-order valence-electron chi connectivity index (χ0n) is 14.5. The van der Waals surface area contributed by atoms with Crippen LogP contribution in [0.1, 0.15) is 5.56 Å². The molecule has 2 aromatic heterocycles. The molecule has 6 heteroatoms. The Morgan fingerprint density at radius 3 is 2.78 bits per heavy atom. The van der Waals surface area contributed by atoms with Gasteiger partial charge < -0.3 is 10.2 Å². The number of fused-ring (bicyclic) bond motifs is 2. The Bertz CT molecular complexity index is 1100. The average Bonchev–Trinajstić information content (AvgIpc) is 3.11. The number of nitrogens with one attached hydrogen (secondary N) is 2. The van der Waals surface area contributed by atoms with Gasteiger partial charge in [-0.25, -0.2) is 0 Å². The van der Waals surface area contributed by atoms with E-state index in [9.17, 15) is 0 Å². The minimum Gasteiger partial charge on any atom is -0.439 e. The van der Waals surface area contributed by atoms with Crippen LogP contribution in [0.4, 0.5) is 11.5 Å². The van der Waals surface area contributed by atoms with E-state index in [1.807, 2.05) is 65.8 Å². The van der Waals surface area contributed by atoms with Gasteiger partial charge >= 0.3 is 0 Å². The third-order valence-electron chi connectivity index (χ3n) is 4.40. The molecule has 0 bridgehead atoms. The zero-order valence-corrected chi connectivity index (χ0v) is 14.5. The first-order valence-electron chi connectivity index (χ1n) is 8.72. The molecular formula is C21H17N5O. The Morgan fingerprint density at radius 1 is 0.926 bits per heavy atom. The summed E-state index contributed by atoms with van der Waals surface area (Å²) < 4.78 is 5.86. The van der Waals surface area contributed by atoms with Crippen LogP contribution >= 0.6 is 0 Å². The first kappa shape index (κ1) is 15.6. The normalized spacial score (nSPS) is 12.7.